The second kappa shape index (κ2) is 6.14. The second-order valence-corrected chi connectivity index (χ2v) is 4.02. The Morgan fingerprint density at radius 3 is 2.45 bits per heavy atom. The minimum atomic E-state index is -0.714. The van der Waals surface area contributed by atoms with E-state index in [4.69, 9.17) is 9.47 Å². The third-order valence-electron chi connectivity index (χ3n) is 2.66. The van der Waals surface area contributed by atoms with E-state index < -0.39 is 11.6 Å². The maximum absolute atomic E-state index is 13.3. The van der Waals surface area contributed by atoms with Crippen molar-refractivity contribution in [3.63, 3.8) is 0 Å². The van der Waals surface area contributed by atoms with Crippen LogP contribution in [0, 0.1) is 11.6 Å². The average Bonchev–Trinajstić information content (AvgIpc) is 2.48. The summed E-state index contributed by atoms with van der Waals surface area (Å²) in [5, 5.41) is 0. The number of ether oxygens (including phenoxy) is 2. The van der Waals surface area contributed by atoms with Crippen LogP contribution in [0.1, 0.15) is 10.4 Å². The second-order valence-electron chi connectivity index (χ2n) is 4.02. The molecule has 0 saturated carbocycles. The molecule has 0 saturated heterocycles. The molecule has 20 heavy (non-hydrogen) atoms. The number of methoxy groups -OCH3 is 1. The van der Waals surface area contributed by atoms with E-state index in [1.807, 2.05) is 0 Å². The largest absolute Gasteiger partial charge is 0.497 e. The van der Waals surface area contributed by atoms with Gasteiger partial charge in [0.2, 0.25) is 0 Å². The molecular formula is C15H12F2O3. The van der Waals surface area contributed by atoms with Gasteiger partial charge in [0, 0.05) is 11.6 Å². The van der Waals surface area contributed by atoms with Gasteiger partial charge in [0.1, 0.15) is 11.6 Å². The van der Waals surface area contributed by atoms with Gasteiger partial charge in [-0.3, -0.25) is 4.79 Å². The highest BCUT2D eigenvalue weighted by Crippen LogP contribution is 2.18. The molecule has 0 aliphatic carbocycles. The van der Waals surface area contributed by atoms with Crippen molar-refractivity contribution in [3.05, 3.63) is 59.7 Å². The molecule has 0 bridgehead atoms. The minimum absolute atomic E-state index is 0.285. The molecule has 0 spiro atoms. The Balaban J connectivity index is 2.02. The van der Waals surface area contributed by atoms with E-state index >= 15 is 0 Å². The molecule has 0 amide bonds. The third kappa shape index (κ3) is 3.32. The number of hydrogen-bond acceptors (Lipinski definition) is 3. The molecule has 0 aromatic heterocycles. The Morgan fingerprint density at radius 1 is 1.10 bits per heavy atom. The van der Waals surface area contributed by atoms with E-state index in [9.17, 15) is 13.6 Å². The fourth-order valence-electron chi connectivity index (χ4n) is 1.59. The van der Waals surface area contributed by atoms with Crippen LogP contribution in [0.25, 0.3) is 0 Å². The van der Waals surface area contributed by atoms with Gasteiger partial charge in [-0.05, 0) is 36.4 Å². The SMILES string of the molecule is COc1ccc(C(=O)COc2cc(F)ccc2F)cc1. The van der Waals surface area contributed by atoms with E-state index in [0.29, 0.717) is 11.3 Å². The number of hydrogen-bond donors (Lipinski definition) is 0. The maximum atomic E-state index is 13.3. The van der Waals surface area contributed by atoms with Gasteiger partial charge < -0.3 is 9.47 Å². The summed E-state index contributed by atoms with van der Waals surface area (Å²) < 4.78 is 36.2. The lowest BCUT2D eigenvalue weighted by Crippen LogP contribution is -2.12. The van der Waals surface area contributed by atoms with E-state index in [1.165, 1.54) is 7.11 Å². The van der Waals surface area contributed by atoms with Gasteiger partial charge in [0.05, 0.1) is 7.11 Å². The maximum Gasteiger partial charge on any atom is 0.200 e. The molecule has 5 heteroatoms. The molecule has 0 atom stereocenters. The summed E-state index contributed by atoms with van der Waals surface area (Å²) in [6.45, 7) is -0.368. The number of carbonyl (C=O) groups excluding carboxylic acids is 1. The predicted molar refractivity (Wildman–Crippen MR) is 69.2 cm³/mol. The first-order valence-electron chi connectivity index (χ1n) is 5.85. The van der Waals surface area contributed by atoms with Crippen molar-refractivity contribution in [2.24, 2.45) is 0 Å². The van der Waals surface area contributed by atoms with Crippen LogP contribution < -0.4 is 9.47 Å². The van der Waals surface area contributed by atoms with Crippen molar-refractivity contribution < 1.29 is 23.0 Å². The fraction of sp³-hybridized carbons (Fsp3) is 0.133. The molecule has 0 aliphatic rings. The molecule has 0 aliphatic heterocycles. The summed E-state index contributed by atoms with van der Waals surface area (Å²) in [6, 6.07) is 9.25. The van der Waals surface area contributed by atoms with Crippen LogP contribution in [0.3, 0.4) is 0 Å². The Hall–Kier alpha value is -2.43. The quantitative estimate of drug-likeness (QED) is 0.788. The third-order valence-corrected chi connectivity index (χ3v) is 2.66. The molecule has 0 heterocycles. The topological polar surface area (TPSA) is 35.5 Å². The van der Waals surface area contributed by atoms with Crippen molar-refractivity contribution in [1.29, 1.82) is 0 Å². The summed E-state index contributed by atoms with van der Waals surface area (Å²) in [6.07, 6.45) is 0. The summed E-state index contributed by atoms with van der Waals surface area (Å²) in [4.78, 5) is 11.8. The van der Waals surface area contributed by atoms with Gasteiger partial charge in [-0.15, -0.1) is 0 Å². The van der Waals surface area contributed by atoms with Crippen molar-refractivity contribution >= 4 is 5.78 Å². The number of ketones is 1. The Labute approximate surface area is 114 Å². The number of carbonyl (C=O) groups is 1. The van der Waals surface area contributed by atoms with E-state index in [1.54, 1.807) is 24.3 Å². The standard InChI is InChI=1S/C15H12F2O3/c1-19-12-5-2-10(3-6-12)14(18)9-20-15-8-11(16)4-7-13(15)17/h2-8H,9H2,1H3. The fourth-order valence-corrected chi connectivity index (χ4v) is 1.59. The molecule has 0 N–H and O–H groups in total. The minimum Gasteiger partial charge on any atom is -0.497 e. The molecule has 0 unspecified atom stereocenters. The van der Waals surface area contributed by atoms with Crippen LogP contribution >= 0.6 is 0 Å². The molecule has 104 valence electrons. The van der Waals surface area contributed by atoms with E-state index in [0.717, 1.165) is 18.2 Å². The summed E-state index contributed by atoms with van der Waals surface area (Å²) in [5.41, 5.74) is 0.405. The molecule has 0 radical (unpaired) electrons. The van der Waals surface area contributed by atoms with Gasteiger partial charge >= 0.3 is 0 Å². The normalized spacial score (nSPS) is 10.2. The predicted octanol–water partition coefficient (Wildman–Crippen LogP) is 3.24. The molecule has 2 rings (SSSR count). The zero-order valence-electron chi connectivity index (χ0n) is 10.7. The highest BCUT2D eigenvalue weighted by atomic mass is 19.1. The number of benzene rings is 2. The molecule has 2 aromatic carbocycles. The first kappa shape index (κ1) is 14.0. The van der Waals surface area contributed by atoms with Crippen LogP contribution in [0.5, 0.6) is 11.5 Å². The summed E-state index contributed by atoms with van der Waals surface area (Å²) in [7, 11) is 1.52. The van der Waals surface area contributed by atoms with Gasteiger partial charge in [-0.1, -0.05) is 0 Å². The van der Waals surface area contributed by atoms with Gasteiger partial charge in [-0.25, -0.2) is 8.78 Å². The zero-order valence-corrected chi connectivity index (χ0v) is 10.7. The molecule has 0 fully saturated rings. The van der Waals surface area contributed by atoms with Crippen LogP contribution in [0.2, 0.25) is 0 Å². The summed E-state index contributed by atoms with van der Waals surface area (Å²) >= 11 is 0. The van der Waals surface area contributed by atoms with Crippen molar-refractivity contribution in [2.45, 2.75) is 0 Å². The van der Waals surface area contributed by atoms with Gasteiger partial charge in [-0.2, -0.15) is 0 Å². The molecule has 2 aromatic rings. The van der Waals surface area contributed by atoms with Gasteiger partial charge in [0.15, 0.2) is 24.0 Å². The number of Topliss-reactive ketones (excluding diaryl/α,β-unsaturated/α-hetero) is 1. The lowest BCUT2D eigenvalue weighted by Gasteiger charge is -2.07. The van der Waals surface area contributed by atoms with Gasteiger partial charge in [0.25, 0.3) is 0 Å². The van der Waals surface area contributed by atoms with Crippen LogP contribution in [0.15, 0.2) is 42.5 Å². The van der Waals surface area contributed by atoms with Crippen molar-refractivity contribution in [3.8, 4) is 11.5 Å². The highest BCUT2D eigenvalue weighted by Gasteiger charge is 2.10. The van der Waals surface area contributed by atoms with Crippen LogP contribution in [-0.4, -0.2) is 19.5 Å². The van der Waals surface area contributed by atoms with E-state index in [2.05, 4.69) is 0 Å². The highest BCUT2D eigenvalue weighted by molar-refractivity contribution is 5.97. The first-order chi connectivity index (χ1) is 9.60. The number of halogens is 2. The summed E-state index contributed by atoms with van der Waals surface area (Å²) in [5.74, 6) is -1.34. The first-order valence-corrected chi connectivity index (χ1v) is 5.85. The van der Waals surface area contributed by atoms with Crippen LogP contribution in [0.4, 0.5) is 8.78 Å². The monoisotopic (exact) mass is 278 g/mol. The lowest BCUT2D eigenvalue weighted by atomic mass is 10.1. The van der Waals surface area contributed by atoms with Crippen molar-refractivity contribution in [2.75, 3.05) is 13.7 Å². The molecule has 3 nitrogen and oxygen atoms in total. The molecular weight excluding hydrogens is 266 g/mol. The number of rotatable bonds is 5. The Morgan fingerprint density at radius 2 is 1.80 bits per heavy atom. The Kier molecular flexibility index (Phi) is 4.30. The zero-order chi connectivity index (χ0) is 14.5. The van der Waals surface area contributed by atoms with E-state index in [-0.39, 0.29) is 18.1 Å². The average molecular weight is 278 g/mol. The lowest BCUT2D eigenvalue weighted by molar-refractivity contribution is 0.0918. The smallest absolute Gasteiger partial charge is 0.200 e. The van der Waals surface area contributed by atoms with Crippen molar-refractivity contribution in [1.82, 2.24) is 0 Å². The van der Waals surface area contributed by atoms with Crippen LogP contribution in [-0.2, 0) is 0 Å². The Bertz CT molecular complexity index is 609.